The molecule has 0 aromatic heterocycles. The largest absolute Gasteiger partial charge is 0.373 e. The summed E-state index contributed by atoms with van der Waals surface area (Å²) in [5.41, 5.74) is 2.53. The molecular weight excluding hydrogens is 458 g/mol. The van der Waals surface area contributed by atoms with Crippen LogP contribution in [0.15, 0.2) is 48.5 Å². The van der Waals surface area contributed by atoms with Gasteiger partial charge in [-0.2, -0.15) is 0 Å². The minimum atomic E-state index is -0.449. The average Bonchev–Trinajstić information content (AvgIpc) is 2.85. The molecule has 0 unspecified atom stereocenters. The Morgan fingerprint density at radius 2 is 1.71 bits per heavy atom. The molecule has 182 valence electrons. The molecule has 0 aliphatic carbocycles. The van der Waals surface area contributed by atoms with Gasteiger partial charge < -0.3 is 14.2 Å². The van der Waals surface area contributed by atoms with Gasteiger partial charge in [0.2, 0.25) is 0 Å². The molecule has 1 aliphatic rings. The fourth-order valence-electron chi connectivity index (χ4n) is 4.18. The highest BCUT2D eigenvalue weighted by molar-refractivity contribution is 6.30. The summed E-state index contributed by atoms with van der Waals surface area (Å²) >= 11 is 5.74. The van der Waals surface area contributed by atoms with E-state index in [2.05, 4.69) is 6.92 Å². The van der Waals surface area contributed by atoms with Crippen LogP contribution < -0.4 is 0 Å². The molecule has 34 heavy (non-hydrogen) atoms. The van der Waals surface area contributed by atoms with Gasteiger partial charge in [0.1, 0.15) is 17.7 Å². The standard InChI is InChI=1S/C28H31ClF2O3/c1-2-3-14-32-23-17-33-27(34-18-23)13-7-19-5-11-24-22(15-19)10-9-21(28(24)31)8-4-20-6-12-25(29)26(30)16-20/h5-6,9-12,15-16,23,27H,2-4,7-8,13-14,17-18H2,1H3. The molecule has 0 spiro atoms. The Balaban J connectivity index is 1.31. The van der Waals surface area contributed by atoms with E-state index in [0.717, 1.165) is 48.8 Å². The highest BCUT2D eigenvalue weighted by atomic mass is 35.5. The van der Waals surface area contributed by atoms with Crippen LogP contribution >= 0.6 is 11.6 Å². The lowest BCUT2D eigenvalue weighted by atomic mass is 9.98. The van der Waals surface area contributed by atoms with Gasteiger partial charge in [0.25, 0.3) is 0 Å². The quantitative estimate of drug-likeness (QED) is 0.286. The molecule has 3 aromatic rings. The predicted molar refractivity (Wildman–Crippen MR) is 131 cm³/mol. The molecule has 1 aliphatic heterocycles. The van der Waals surface area contributed by atoms with Crippen LogP contribution in [0.3, 0.4) is 0 Å². The molecule has 1 heterocycles. The van der Waals surface area contributed by atoms with Gasteiger partial charge >= 0.3 is 0 Å². The fourth-order valence-corrected chi connectivity index (χ4v) is 4.29. The van der Waals surface area contributed by atoms with Crippen molar-refractivity contribution in [2.24, 2.45) is 0 Å². The van der Waals surface area contributed by atoms with Gasteiger partial charge in [-0.15, -0.1) is 0 Å². The number of fused-ring (bicyclic) bond motifs is 1. The molecular formula is C28H31ClF2O3. The Hall–Kier alpha value is -2.05. The fraction of sp³-hybridized carbons (Fsp3) is 0.429. The van der Waals surface area contributed by atoms with Gasteiger partial charge in [-0.3, -0.25) is 0 Å². The number of ether oxygens (including phenoxy) is 3. The summed E-state index contributed by atoms with van der Waals surface area (Å²) in [7, 11) is 0. The molecule has 0 amide bonds. The van der Waals surface area contributed by atoms with E-state index in [1.54, 1.807) is 6.07 Å². The highest BCUT2D eigenvalue weighted by Gasteiger charge is 2.22. The predicted octanol–water partition coefficient (Wildman–Crippen LogP) is 7.05. The van der Waals surface area contributed by atoms with E-state index in [4.69, 9.17) is 25.8 Å². The molecule has 0 atom stereocenters. The maximum absolute atomic E-state index is 15.1. The van der Waals surface area contributed by atoms with Crippen LogP contribution in [0.5, 0.6) is 0 Å². The van der Waals surface area contributed by atoms with Crippen LogP contribution in [0, 0.1) is 11.6 Å². The molecule has 0 N–H and O–H groups in total. The zero-order valence-corrected chi connectivity index (χ0v) is 20.3. The summed E-state index contributed by atoms with van der Waals surface area (Å²) in [6.45, 7) is 4.00. The molecule has 6 heteroatoms. The van der Waals surface area contributed by atoms with E-state index in [-0.39, 0.29) is 23.2 Å². The maximum Gasteiger partial charge on any atom is 0.158 e. The lowest BCUT2D eigenvalue weighted by Crippen LogP contribution is -2.37. The minimum absolute atomic E-state index is 0.0133. The Morgan fingerprint density at radius 1 is 0.941 bits per heavy atom. The molecule has 0 bridgehead atoms. The van der Waals surface area contributed by atoms with Crippen LogP contribution in [0.1, 0.15) is 42.9 Å². The maximum atomic E-state index is 15.1. The number of halogens is 3. The zero-order valence-electron chi connectivity index (χ0n) is 19.5. The van der Waals surface area contributed by atoms with E-state index >= 15 is 4.39 Å². The van der Waals surface area contributed by atoms with Crippen LogP contribution in [0.25, 0.3) is 10.8 Å². The molecule has 1 fully saturated rings. The summed E-state index contributed by atoms with van der Waals surface area (Å²) in [6, 6.07) is 14.3. The van der Waals surface area contributed by atoms with Crippen molar-refractivity contribution in [3.63, 3.8) is 0 Å². The third kappa shape index (κ3) is 6.54. The summed E-state index contributed by atoms with van der Waals surface area (Å²) in [5.74, 6) is -0.665. The Bertz CT molecular complexity index is 1100. The highest BCUT2D eigenvalue weighted by Crippen LogP contribution is 2.25. The van der Waals surface area contributed by atoms with Crippen molar-refractivity contribution in [3.8, 4) is 0 Å². The minimum Gasteiger partial charge on any atom is -0.373 e. The van der Waals surface area contributed by atoms with Gasteiger partial charge in [-0.05, 0) is 59.9 Å². The van der Waals surface area contributed by atoms with Gasteiger partial charge in [0.15, 0.2) is 6.29 Å². The topological polar surface area (TPSA) is 27.7 Å². The number of unbranched alkanes of at least 4 members (excludes halogenated alkanes) is 1. The molecule has 0 saturated carbocycles. The SMILES string of the molecule is CCCCOC1COC(CCc2ccc3c(F)c(CCc4ccc(Cl)c(F)c4)ccc3c2)OC1. The van der Waals surface area contributed by atoms with Crippen LogP contribution in [0.4, 0.5) is 8.78 Å². The number of benzene rings is 3. The number of hydrogen-bond donors (Lipinski definition) is 0. The van der Waals surface area contributed by atoms with Crippen molar-refractivity contribution in [3.05, 3.63) is 81.9 Å². The van der Waals surface area contributed by atoms with Gasteiger partial charge in [-0.25, -0.2) is 8.78 Å². The van der Waals surface area contributed by atoms with Crippen molar-refractivity contribution in [1.82, 2.24) is 0 Å². The van der Waals surface area contributed by atoms with E-state index in [1.165, 1.54) is 12.1 Å². The lowest BCUT2D eigenvalue weighted by Gasteiger charge is -2.29. The summed E-state index contributed by atoms with van der Waals surface area (Å²) in [4.78, 5) is 0. The first-order valence-electron chi connectivity index (χ1n) is 12.0. The van der Waals surface area contributed by atoms with Crippen LogP contribution in [0.2, 0.25) is 5.02 Å². The normalized spacial score (nSPS) is 18.5. The summed E-state index contributed by atoms with van der Waals surface area (Å²) in [6.07, 6.45) is 4.49. The van der Waals surface area contributed by atoms with E-state index in [0.29, 0.717) is 37.0 Å². The molecule has 4 rings (SSSR count). The number of aryl methyl sites for hydroxylation is 3. The van der Waals surface area contributed by atoms with Gasteiger partial charge in [0.05, 0.1) is 18.2 Å². The first kappa shape index (κ1) is 25.1. The van der Waals surface area contributed by atoms with Gasteiger partial charge in [-0.1, -0.05) is 61.3 Å². The van der Waals surface area contributed by atoms with E-state index in [9.17, 15) is 4.39 Å². The first-order chi connectivity index (χ1) is 16.5. The van der Waals surface area contributed by atoms with Crippen molar-refractivity contribution in [2.45, 2.75) is 57.8 Å². The summed E-state index contributed by atoms with van der Waals surface area (Å²) < 4.78 is 46.1. The molecule has 0 radical (unpaired) electrons. The van der Waals surface area contributed by atoms with Gasteiger partial charge in [0, 0.05) is 18.4 Å². The zero-order chi connectivity index (χ0) is 23.9. The second-order valence-corrected chi connectivity index (χ2v) is 9.23. The molecule has 1 saturated heterocycles. The summed E-state index contributed by atoms with van der Waals surface area (Å²) in [5, 5.41) is 1.56. The van der Waals surface area contributed by atoms with Crippen molar-refractivity contribution in [2.75, 3.05) is 19.8 Å². The van der Waals surface area contributed by atoms with Crippen molar-refractivity contribution >= 4 is 22.4 Å². The van der Waals surface area contributed by atoms with Crippen molar-refractivity contribution < 1.29 is 23.0 Å². The Morgan fingerprint density at radius 3 is 2.47 bits per heavy atom. The first-order valence-corrected chi connectivity index (χ1v) is 12.4. The molecule has 3 aromatic carbocycles. The smallest absolute Gasteiger partial charge is 0.158 e. The van der Waals surface area contributed by atoms with E-state index < -0.39 is 5.82 Å². The van der Waals surface area contributed by atoms with Crippen LogP contribution in [-0.2, 0) is 33.5 Å². The monoisotopic (exact) mass is 488 g/mol. The number of rotatable bonds is 10. The Kier molecular flexibility index (Phi) is 8.90. The van der Waals surface area contributed by atoms with Crippen molar-refractivity contribution in [1.29, 1.82) is 0 Å². The lowest BCUT2D eigenvalue weighted by molar-refractivity contribution is -0.227. The Labute approximate surface area is 205 Å². The third-order valence-corrected chi connectivity index (χ3v) is 6.53. The second kappa shape index (κ2) is 12.1. The average molecular weight is 489 g/mol. The van der Waals surface area contributed by atoms with E-state index in [1.807, 2.05) is 30.3 Å². The second-order valence-electron chi connectivity index (χ2n) is 8.82. The molecule has 3 nitrogen and oxygen atoms in total. The third-order valence-electron chi connectivity index (χ3n) is 6.22. The van der Waals surface area contributed by atoms with Crippen LogP contribution in [-0.4, -0.2) is 32.2 Å². The number of hydrogen-bond acceptors (Lipinski definition) is 3.